The smallest absolute Gasteiger partial charge is 0.410 e. The number of hydrogen-bond donors (Lipinski definition) is 0. The minimum atomic E-state index is -0.536. The third-order valence-corrected chi connectivity index (χ3v) is 4.68. The van der Waals surface area contributed by atoms with Crippen molar-refractivity contribution in [3.05, 3.63) is 26.7 Å². The highest BCUT2D eigenvalue weighted by Gasteiger charge is 2.37. The van der Waals surface area contributed by atoms with E-state index in [1.54, 1.807) is 4.90 Å². The molecule has 2 aliphatic rings. The molecule has 8 nitrogen and oxygen atoms in total. The van der Waals surface area contributed by atoms with Crippen LogP contribution in [0.3, 0.4) is 0 Å². The molecule has 1 saturated heterocycles. The Hall–Kier alpha value is -2.03. The van der Waals surface area contributed by atoms with Gasteiger partial charge in [0.05, 0.1) is 27.2 Å². The molecule has 136 valence electrons. The van der Waals surface area contributed by atoms with Crippen LogP contribution in [0.15, 0.2) is 16.6 Å². The minimum Gasteiger partial charge on any atom is -0.489 e. The van der Waals surface area contributed by atoms with Gasteiger partial charge in [0.15, 0.2) is 5.75 Å². The Balaban J connectivity index is 1.79. The molecule has 3 rings (SSSR count). The molecule has 0 saturated carbocycles. The van der Waals surface area contributed by atoms with E-state index < -0.39 is 10.5 Å². The maximum atomic E-state index is 12.3. The Morgan fingerprint density at radius 2 is 2.12 bits per heavy atom. The Kier molecular flexibility index (Phi) is 4.52. The number of amides is 1. The first-order valence-corrected chi connectivity index (χ1v) is 8.80. The number of benzene rings is 1. The molecule has 0 N–H and O–H groups in total. The van der Waals surface area contributed by atoms with Crippen LogP contribution in [0, 0.1) is 10.1 Å². The maximum absolute atomic E-state index is 12.3. The predicted molar refractivity (Wildman–Crippen MR) is 95.2 cm³/mol. The largest absolute Gasteiger partial charge is 0.489 e. The molecule has 1 aromatic rings. The first-order valence-electron chi connectivity index (χ1n) is 8.01. The maximum Gasteiger partial charge on any atom is 0.410 e. The normalized spacial score (nSPS) is 19.6. The van der Waals surface area contributed by atoms with E-state index in [0.29, 0.717) is 36.5 Å². The number of piperazine rings is 1. The van der Waals surface area contributed by atoms with Gasteiger partial charge in [0.25, 0.3) is 5.69 Å². The summed E-state index contributed by atoms with van der Waals surface area (Å²) in [4.78, 5) is 26.7. The van der Waals surface area contributed by atoms with E-state index in [1.807, 2.05) is 20.8 Å². The molecule has 0 spiro atoms. The Labute approximate surface area is 153 Å². The summed E-state index contributed by atoms with van der Waals surface area (Å²) in [6.07, 6.45) is -0.333. The van der Waals surface area contributed by atoms with Crippen LogP contribution in [-0.2, 0) is 4.74 Å². The molecule has 0 radical (unpaired) electrons. The van der Waals surface area contributed by atoms with Crippen LogP contribution in [0.4, 0.5) is 16.2 Å². The average Bonchev–Trinajstić information content (AvgIpc) is 2.51. The van der Waals surface area contributed by atoms with E-state index in [0.717, 1.165) is 5.69 Å². The van der Waals surface area contributed by atoms with Gasteiger partial charge >= 0.3 is 6.09 Å². The summed E-state index contributed by atoms with van der Waals surface area (Å²) in [7, 11) is 0. The van der Waals surface area contributed by atoms with E-state index in [1.165, 1.54) is 12.1 Å². The van der Waals surface area contributed by atoms with Crippen molar-refractivity contribution in [3.8, 4) is 5.75 Å². The Bertz CT molecular complexity index is 718. The fourth-order valence-corrected chi connectivity index (χ4v) is 3.68. The van der Waals surface area contributed by atoms with Crippen molar-refractivity contribution in [3.63, 3.8) is 0 Å². The predicted octanol–water partition coefficient (Wildman–Crippen LogP) is 3.18. The molecule has 9 heteroatoms. The lowest BCUT2D eigenvalue weighted by Crippen LogP contribution is -2.59. The molecule has 0 unspecified atom stereocenters. The summed E-state index contributed by atoms with van der Waals surface area (Å²) in [5, 5.41) is 11.0. The van der Waals surface area contributed by atoms with Crippen molar-refractivity contribution in [2.75, 3.05) is 31.1 Å². The van der Waals surface area contributed by atoms with E-state index in [9.17, 15) is 14.9 Å². The van der Waals surface area contributed by atoms with Crippen LogP contribution in [0.25, 0.3) is 0 Å². The van der Waals surface area contributed by atoms with Crippen LogP contribution in [0.5, 0.6) is 5.75 Å². The summed E-state index contributed by atoms with van der Waals surface area (Å²) >= 11 is 3.42. The highest BCUT2D eigenvalue weighted by molar-refractivity contribution is 9.10. The monoisotopic (exact) mass is 413 g/mol. The second-order valence-corrected chi connectivity index (χ2v) is 7.97. The molecule has 1 aromatic carbocycles. The highest BCUT2D eigenvalue weighted by Crippen LogP contribution is 2.43. The van der Waals surface area contributed by atoms with Crippen molar-refractivity contribution in [2.24, 2.45) is 0 Å². The van der Waals surface area contributed by atoms with E-state index in [2.05, 4.69) is 20.8 Å². The van der Waals surface area contributed by atoms with Crippen LogP contribution in [-0.4, -0.2) is 53.8 Å². The fraction of sp³-hybridized carbons (Fsp3) is 0.562. The number of nitrogens with zero attached hydrogens (tertiary/aromatic N) is 3. The minimum absolute atomic E-state index is 0.0172. The number of fused-ring (bicyclic) bond motifs is 3. The average molecular weight is 414 g/mol. The molecule has 25 heavy (non-hydrogen) atoms. The van der Waals surface area contributed by atoms with Crippen LogP contribution in [0.1, 0.15) is 20.8 Å². The molecule has 1 amide bonds. The van der Waals surface area contributed by atoms with Gasteiger partial charge in [0.2, 0.25) is 0 Å². The standard InChI is InChI=1S/C16H20BrN3O5/c1-16(2,3)25-15(21)18-4-5-19-11(8-18)9-24-13-7-10(20(22)23)6-12(17)14(13)19/h6-7,11H,4-5,8-9H2,1-3H3/t11-/m0/s1. The molecular weight excluding hydrogens is 394 g/mol. The molecule has 1 fully saturated rings. The number of hydrogen-bond acceptors (Lipinski definition) is 6. The second kappa shape index (κ2) is 6.36. The van der Waals surface area contributed by atoms with Gasteiger partial charge in [-0.15, -0.1) is 0 Å². The summed E-state index contributed by atoms with van der Waals surface area (Å²) in [5.74, 6) is 0.489. The van der Waals surface area contributed by atoms with Gasteiger partial charge in [0.1, 0.15) is 12.2 Å². The molecule has 0 bridgehead atoms. The van der Waals surface area contributed by atoms with Crippen molar-refractivity contribution in [1.82, 2.24) is 4.90 Å². The summed E-state index contributed by atoms with van der Waals surface area (Å²) in [6.45, 7) is 7.49. The van der Waals surface area contributed by atoms with Gasteiger partial charge in [-0.25, -0.2) is 4.79 Å². The quantitative estimate of drug-likeness (QED) is 0.519. The van der Waals surface area contributed by atoms with E-state index in [-0.39, 0.29) is 17.8 Å². The van der Waals surface area contributed by atoms with Gasteiger partial charge in [-0.1, -0.05) is 0 Å². The number of anilines is 1. The topological polar surface area (TPSA) is 85.2 Å². The number of carbonyl (C=O) groups is 1. The van der Waals surface area contributed by atoms with E-state index >= 15 is 0 Å². The lowest BCUT2D eigenvalue weighted by Gasteiger charge is -2.45. The highest BCUT2D eigenvalue weighted by atomic mass is 79.9. The SMILES string of the molecule is CC(C)(C)OC(=O)N1CCN2c3c(Br)cc([N+](=O)[O-])cc3OC[C@@H]2C1. The van der Waals surface area contributed by atoms with Crippen LogP contribution >= 0.6 is 15.9 Å². The zero-order chi connectivity index (χ0) is 18.4. The molecule has 2 aliphatic heterocycles. The fourth-order valence-electron chi connectivity index (χ4n) is 3.02. The molecular formula is C16H20BrN3O5. The number of carbonyl (C=O) groups excluding carboxylic acids is 1. The van der Waals surface area contributed by atoms with E-state index in [4.69, 9.17) is 9.47 Å². The van der Waals surface area contributed by atoms with Gasteiger partial charge in [0, 0.05) is 25.7 Å². The molecule has 0 aliphatic carbocycles. The first kappa shape index (κ1) is 17.8. The van der Waals surface area contributed by atoms with Crippen molar-refractivity contribution in [1.29, 1.82) is 0 Å². The molecule has 2 heterocycles. The zero-order valence-corrected chi connectivity index (χ0v) is 15.9. The van der Waals surface area contributed by atoms with Crippen molar-refractivity contribution in [2.45, 2.75) is 32.4 Å². The Morgan fingerprint density at radius 3 is 2.76 bits per heavy atom. The summed E-state index contributed by atoms with van der Waals surface area (Å²) < 4.78 is 11.8. The summed E-state index contributed by atoms with van der Waals surface area (Å²) in [6, 6.07) is 2.90. The molecule has 0 aromatic heterocycles. The number of rotatable bonds is 1. The van der Waals surface area contributed by atoms with Gasteiger partial charge in [-0.2, -0.15) is 0 Å². The third-order valence-electron chi connectivity index (χ3n) is 4.08. The number of nitro groups is 1. The van der Waals surface area contributed by atoms with Crippen molar-refractivity contribution < 1.29 is 19.2 Å². The zero-order valence-electron chi connectivity index (χ0n) is 14.3. The number of nitro benzene ring substituents is 1. The van der Waals surface area contributed by atoms with Gasteiger partial charge in [-0.3, -0.25) is 10.1 Å². The molecule has 1 atom stereocenters. The second-order valence-electron chi connectivity index (χ2n) is 7.12. The number of non-ortho nitro benzene ring substituents is 1. The Morgan fingerprint density at radius 1 is 1.40 bits per heavy atom. The third kappa shape index (κ3) is 3.65. The van der Waals surface area contributed by atoms with Crippen LogP contribution in [0.2, 0.25) is 0 Å². The number of ether oxygens (including phenoxy) is 2. The van der Waals surface area contributed by atoms with Gasteiger partial charge < -0.3 is 19.3 Å². The summed E-state index contributed by atoms with van der Waals surface area (Å²) in [5.41, 5.74) is 0.244. The lowest BCUT2D eigenvalue weighted by atomic mass is 10.1. The van der Waals surface area contributed by atoms with Gasteiger partial charge in [-0.05, 0) is 36.7 Å². The van der Waals surface area contributed by atoms with Crippen LogP contribution < -0.4 is 9.64 Å². The number of halogens is 1. The lowest BCUT2D eigenvalue weighted by molar-refractivity contribution is -0.385. The van der Waals surface area contributed by atoms with Crippen molar-refractivity contribution >= 4 is 33.4 Å². The first-order chi connectivity index (χ1) is 11.7.